The van der Waals surface area contributed by atoms with Gasteiger partial charge < -0.3 is 11.1 Å². The van der Waals surface area contributed by atoms with Gasteiger partial charge in [-0.15, -0.1) is 0 Å². The van der Waals surface area contributed by atoms with Crippen LogP contribution in [0.1, 0.15) is 38.3 Å². The second-order valence-corrected chi connectivity index (χ2v) is 5.74. The average molecular weight is 267 g/mol. The maximum Gasteiger partial charge on any atom is 0.240 e. The quantitative estimate of drug-likeness (QED) is 0.880. The van der Waals surface area contributed by atoms with Gasteiger partial charge in [-0.25, -0.2) is 0 Å². The topological polar surface area (TPSA) is 55.1 Å². The minimum atomic E-state index is -0.757. The van der Waals surface area contributed by atoms with E-state index in [0.717, 1.165) is 18.4 Å². The molecule has 0 heterocycles. The van der Waals surface area contributed by atoms with Crippen LogP contribution in [0.2, 0.25) is 5.02 Å². The summed E-state index contributed by atoms with van der Waals surface area (Å²) in [5.41, 5.74) is 6.31. The lowest BCUT2D eigenvalue weighted by Crippen LogP contribution is -2.53. The summed E-state index contributed by atoms with van der Waals surface area (Å²) in [6.45, 7) is 3.75. The van der Waals surface area contributed by atoms with E-state index in [0.29, 0.717) is 10.9 Å². The molecule has 2 rings (SSSR count). The average Bonchev–Trinajstić information content (AvgIpc) is 3.12. The van der Waals surface area contributed by atoms with Crippen LogP contribution in [-0.2, 0) is 4.79 Å². The molecule has 0 aromatic heterocycles. The van der Waals surface area contributed by atoms with E-state index in [1.807, 2.05) is 38.1 Å². The summed E-state index contributed by atoms with van der Waals surface area (Å²) in [6.07, 6.45) is 2.10. The minimum absolute atomic E-state index is 0.0853. The fraction of sp³-hybridized carbons (Fsp3) is 0.500. The molecule has 1 saturated carbocycles. The molecule has 0 saturated heterocycles. The lowest BCUT2D eigenvalue weighted by Gasteiger charge is -2.26. The Hall–Kier alpha value is -1.06. The molecule has 2 atom stereocenters. The number of hydrogen-bond donors (Lipinski definition) is 2. The first-order chi connectivity index (χ1) is 8.41. The molecular weight excluding hydrogens is 248 g/mol. The van der Waals surface area contributed by atoms with E-state index in [9.17, 15) is 4.79 Å². The van der Waals surface area contributed by atoms with E-state index in [4.69, 9.17) is 17.3 Å². The van der Waals surface area contributed by atoms with E-state index in [1.165, 1.54) is 0 Å². The second-order valence-electron chi connectivity index (χ2n) is 5.31. The molecule has 0 bridgehead atoms. The minimum Gasteiger partial charge on any atom is -0.348 e. The highest BCUT2D eigenvalue weighted by atomic mass is 35.5. The summed E-state index contributed by atoms with van der Waals surface area (Å²) < 4.78 is 0. The van der Waals surface area contributed by atoms with Crippen molar-refractivity contribution in [2.75, 3.05) is 0 Å². The highest BCUT2D eigenvalue weighted by Gasteiger charge is 2.44. The molecule has 1 aromatic carbocycles. The first-order valence-electron chi connectivity index (χ1n) is 6.26. The van der Waals surface area contributed by atoms with Gasteiger partial charge in [-0.2, -0.15) is 0 Å². The normalized spacial score (nSPS) is 20.0. The van der Waals surface area contributed by atoms with Crippen LogP contribution in [0.5, 0.6) is 0 Å². The van der Waals surface area contributed by atoms with Crippen molar-refractivity contribution in [2.24, 2.45) is 11.7 Å². The lowest BCUT2D eigenvalue weighted by molar-refractivity contribution is -0.127. The van der Waals surface area contributed by atoms with Gasteiger partial charge in [-0.1, -0.05) is 23.7 Å². The van der Waals surface area contributed by atoms with Crippen LogP contribution in [0.15, 0.2) is 24.3 Å². The van der Waals surface area contributed by atoms with Crippen molar-refractivity contribution < 1.29 is 4.79 Å². The number of nitrogens with two attached hydrogens (primary N) is 1. The Labute approximate surface area is 113 Å². The molecule has 1 aliphatic rings. The van der Waals surface area contributed by atoms with Gasteiger partial charge >= 0.3 is 0 Å². The van der Waals surface area contributed by atoms with Crippen LogP contribution in [0.25, 0.3) is 0 Å². The molecule has 0 spiro atoms. The van der Waals surface area contributed by atoms with Crippen molar-refractivity contribution in [3.8, 4) is 0 Å². The van der Waals surface area contributed by atoms with Crippen LogP contribution in [0.3, 0.4) is 0 Å². The summed E-state index contributed by atoms with van der Waals surface area (Å²) in [6, 6.07) is 7.41. The smallest absolute Gasteiger partial charge is 0.240 e. The molecule has 1 fully saturated rings. The lowest BCUT2D eigenvalue weighted by atomic mass is 9.95. The molecule has 4 heteroatoms. The highest BCUT2D eigenvalue weighted by Crippen LogP contribution is 2.38. The van der Waals surface area contributed by atoms with Gasteiger partial charge in [0.15, 0.2) is 0 Å². The molecule has 1 unspecified atom stereocenters. The first kappa shape index (κ1) is 13.4. The predicted molar refractivity (Wildman–Crippen MR) is 73.3 cm³/mol. The van der Waals surface area contributed by atoms with Crippen molar-refractivity contribution >= 4 is 17.5 Å². The molecule has 0 aliphatic heterocycles. The van der Waals surface area contributed by atoms with Crippen LogP contribution < -0.4 is 11.1 Å². The first-order valence-corrected chi connectivity index (χ1v) is 6.64. The van der Waals surface area contributed by atoms with Crippen molar-refractivity contribution in [3.63, 3.8) is 0 Å². The molecule has 1 aliphatic carbocycles. The number of benzene rings is 1. The number of hydrogen-bond acceptors (Lipinski definition) is 2. The van der Waals surface area contributed by atoms with E-state index in [2.05, 4.69) is 5.32 Å². The summed E-state index contributed by atoms with van der Waals surface area (Å²) in [7, 11) is 0. The predicted octanol–water partition coefficient (Wildman–Crippen LogP) is 2.64. The molecule has 3 N–H and O–H groups in total. The summed E-state index contributed by atoms with van der Waals surface area (Å²) >= 11 is 5.94. The van der Waals surface area contributed by atoms with Gasteiger partial charge in [0, 0.05) is 5.02 Å². The maximum absolute atomic E-state index is 12.1. The fourth-order valence-corrected chi connectivity index (χ4v) is 2.28. The number of amides is 1. The van der Waals surface area contributed by atoms with Crippen LogP contribution in [-0.4, -0.2) is 11.4 Å². The third-order valence-corrected chi connectivity index (χ3v) is 3.85. The summed E-state index contributed by atoms with van der Waals surface area (Å²) in [5, 5.41) is 3.63. The third kappa shape index (κ3) is 2.85. The Morgan fingerprint density at radius 2 is 2.22 bits per heavy atom. The van der Waals surface area contributed by atoms with E-state index < -0.39 is 5.54 Å². The van der Waals surface area contributed by atoms with E-state index >= 15 is 0 Å². The van der Waals surface area contributed by atoms with Gasteiger partial charge in [-0.05, 0) is 50.3 Å². The van der Waals surface area contributed by atoms with Crippen molar-refractivity contribution in [3.05, 3.63) is 34.9 Å². The van der Waals surface area contributed by atoms with Crippen LogP contribution >= 0.6 is 11.6 Å². The molecular formula is C14H19ClN2O. The van der Waals surface area contributed by atoms with E-state index in [-0.39, 0.29) is 11.9 Å². The molecule has 1 aromatic rings. The number of carbonyl (C=O) groups is 1. The third-order valence-electron chi connectivity index (χ3n) is 3.61. The van der Waals surface area contributed by atoms with Crippen LogP contribution in [0.4, 0.5) is 0 Å². The summed E-state index contributed by atoms with van der Waals surface area (Å²) in [5.74, 6) is 0.238. The van der Waals surface area contributed by atoms with E-state index in [1.54, 1.807) is 0 Å². The zero-order valence-corrected chi connectivity index (χ0v) is 11.5. The Bertz CT molecular complexity index is 455. The SMILES string of the molecule is C[C@H](NC(=O)C(C)(N)C1CC1)c1cccc(Cl)c1. The largest absolute Gasteiger partial charge is 0.348 e. The number of halogens is 1. The van der Waals surface area contributed by atoms with Crippen molar-refractivity contribution in [2.45, 2.75) is 38.3 Å². The zero-order valence-electron chi connectivity index (χ0n) is 10.7. The Balaban J connectivity index is 2.03. The highest BCUT2D eigenvalue weighted by molar-refractivity contribution is 6.30. The van der Waals surface area contributed by atoms with Crippen molar-refractivity contribution in [1.29, 1.82) is 0 Å². The van der Waals surface area contributed by atoms with Gasteiger partial charge in [0.2, 0.25) is 5.91 Å². The standard InChI is InChI=1S/C14H19ClN2O/c1-9(10-4-3-5-12(15)8-10)17-13(18)14(2,16)11-6-7-11/h3-5,8-9,11H,6-7,16H2,1-2H3,(H,17,18)/t9-,14?/m0/s1. The number of nitrogens with one attached hydrogen (secondary N) is 1. The Morgan fingerprint density at radius 3 is 2.78 bits per heavy atom. The molecule has 3 nitrogen and oxygen atoms in total. The van der Waals surface area contributed by atoms with Gasteiger partial charge in [-0.3, -0.25) is 4.79 Å². The number of carbonyl (C=O) groups excluding carboxylic acids is 1. The Morgan fingerprint density at radius 1 is 1.56 bits per heavy atom. The zero-order chi connectivity index (χ0) is 13.3. The summed E-state index contributed by atoms with van der Waals surface area (Å²) in [4.78, 5) is 12.1. The monoisotopic (exact) mass is 266 g/mol. The van der Waals surface area contributed by atoms with Gasteiger partial charge in [0.1, 0.15) is 0 Å². The molecule has 98 valence electrons. The maximum atomic E-state index is 12.1. The van der Waals surface area contributed by atoms with Gasteiger partial charge in [0.05, 0.1) is 11.6 Å². The Kier molecular flexibility index (Phi) is 3.64. The second kappa shape index (κ2) is 4.90. The molecule has 18 heavy (non-hydrogen) atoms. The molecule has 0 radical (unpaired) electrons. The molecule has 1 amide bonds. The van der Waals surface area contributed by atoms with Crippen LogP contribution in [0, 0.1) is 5.92 Å². The fourth-order valence-electron chi connectivity index (χ4n) is 2.08. The van der Waals surface area contributed by atoms with Crippen molar-refractivity contribution in [1.82, 2.24) is 5.32 Å². The number of rotatable bonds is 4. The van der Waals surface area contributed by atoms with Gasteiger partial charge in [0.25, 0.3) is 0 Å².